The quantitative estimate of drug-likeness (QED) is 0.599. The maximum atomic E-state index is 12.3. The van der Waals surface area contributed by atoms with Gasteiger partial charge in [0.2, 0.25) is 0 Å². The van der Waals surface area contributed by atoms with E-state index in [1.54, 1.807) is 25.1 Å². The van der Waals surface area contributed by atoms with Gasteiger partial charge in [0.05, 0.1) is 11.6 Å². The molecule has 0 aliphatic carbocycles. The summed E-state index contributed by atoms with van der Waals surface area (Å²) < 4.78 is 0. The first-order valence-corrected chi connectivity index (χ1v) is 6.51. The molecule has 4 N–H and O–H groups in total. The minimum atomic E-state index is -0.413. The monoisotopic (exact) mass is 287 g/mol. The largest absolute Gasteiger partial charge is 0.381 e. The highest BCUT2D eigenvalue weighted by Crippen LogP contribution is 2.16. The topological polar surface area (TPSA) is 103 Å². The lowest BCUT2D eigenvalue weighted by Crippen LogP contribution is -2.28. The first-order valence-electron chi connectivity index (χ1n) is 6.51. The first kappa shape index (κ1) is 14.6. The number of anilines is 1. The Bertz CT molecular complexity index is 688. The zero-order valence-corrected chi connectivity index (χ0v) is 11.6. The summed E-state index contributed by atoms with van der Waals surface area (Å²) >= 11 is 0. The Morgan fingerprint density at radius 3 is 2.90 bits per heavy atom. The van der Waals surface area contributed by atoms with Crippen molar-refractivity contribution in [3.63, 3.8) is 0 Å². The summed E-state index contributed by atoms with van der Waals surface area (Å²) in [5, 5.41) is 12.0. The van der Waals surface area contributed by atoms with E-state index in [0.717, 1.165) is 5.69 Å². The zero-order chi connectivity index (χ0) is 15.2. The Kier molecular flexibility index (Phi) is 4.55. The number of nitrogens with zero attached hydrogens (tertiary/aromatic N) is 1. The Hall–Kier alpha value is -2.83. The third kappa shape index (κ3) is 3.59. The fourth-order valence-electron chi connectivity index (χ4n) is 1.85. The summed E-state index contributed by atoms with van der Waals surface area (Å²) in [4.78, 5) is 25.8. The van der Waals surface area contributed by atoms with Crippen LogP contribution in [0.15, 0.2) is 41.7 Å². The zero-order valence-electron chi connectivity index (χ0n) is 11.6. The summed E-state index contributed by atoms with van der Waals surface area (Å²) in [6.07, 6.45) is 1.71. The van der Waals surface area contributed by atoms with E-state index in [1.165, 1.54) is 0 Å². The summed E-state index contributed by atoms with van der Waals surface area (Å²) in [6.45, 7) is 5.93. The molecule has 1 atom stereocenters. The number of H-pyrrole nitrogens is 2. The van der Waals surface area contributed by atoms with Crippen molar-refractivity contribution < 1.29 is 4.79 Å². The molecule has 0 saturated heterocycles. The molecule has 0 aliphatic heterocycles. The first-order chi connectivity index (χ1) is 10.1. The molecule has 0 fully saturated rings. The fourth-order valence-corrected chi connectivity index (χ4v) is 1.85. The number of benzene rings is 1. The molecule has 1 amide bonds. The minimum Gasteiger partial charge on any atom is -0.381 e. The van der Waals surface area contributed by atoms with Crippen molar-refractivity contribution in [3.05, 3.63) is 58.8 Å². The van der Waals surface area contributed by atoms with Gasteiger partial charge in [-0.2, -0.15) is 5.10 Å². The molecule has 21 heavy (non-hydrogen) atoms. The Balaban J connectivity index is 2.13. The normalized spacial score (nSPS) is 11.7. The molecule has 0 spiro atoms. The van der Waals surface area contributed by atoms with Crippen molar-refractivity contribution in [2.45, 2.75) is 13.0 Å². The lowest BCUT2D eigenvalue weighted by Gasteiger charge is -2.14. The highest BCUT2D eigenvalue weighted by molar-refractivity contribution is 5.99. The van der Waals surface area contributed by atoms with Gasteiger partial charge in [0, 0.05) is 12.2 Å². The number of nitrogens with one attached hydrogen (secondary N) is 4. The van der Waals surface area contributed by atoms with E-state index in [4.69, 9.17) is 0 Å². The van der Waals surface area contributed by atoms with Gasteiger partial charge in [-0.3, -0.25) is 9.78 Å². The number of hydrogen-bond acceptors (Lipinski definition) is 4. The summed E-state index contributed by atoms with van der Waals surface area (Å²) in [7, 11) is 0. The van der Waals surface area contributed by atoms with E-state index < -0.39 is 11.7 Å². The Morgan fingerprint density at radius 2 is 2.24 bits per heavy atom. The smallest absolute Gasteiger partial charge is 0.340 e. The minimum absolute atomic E-state index is 0.251. The third-order valence-electron chi connectivity index (χ3n) is 2.89. The van der Waals surface area contributed by atoms with Gasteiger partial charge >= 0.3 is 5.69 Å². The maximum absolute atomic E-state index is 12.3. The van der Waals surface area contributed by atoms with Crippen LogP contribution in [0.4, 0.5) is 5.69 Å². The number of carbonyl (C=O) groups is 1. The lowest BCUT2D eigenvalue weighted by atomic mass is 10.1. The van der Waals surface area contributed by atoms with Crippen LogP contribution in [0, 0.1) is 0 Å². The molecular formula is C14H17N5O2. The number of carbonyl (C=O) groups excluding carboxylic acids is 1. The predicted molar refractivity (Wildman–Crippen MR) is 80.2 cm³/mol. The Morgan fingerprint density at radius 1 is 1.48 bits per heavy atom. The van der Waals surface area contributed by atoms with Crippen molar-refractivity contribution in [1.82, 2.24) is 20.5 Å². The molecule has 1 aromatic heterocycles. The standard InChI is InChI=1S/C14H17N5O2/c1-3-8-15-11-7-5-4-6-10(11)13(20)16-9(2)12-17-14(21)19-18-12/h3-7,9,15H,1,8H2,2H3,(H,16,20)(H2,17,18,19,21)/t9-/m0/s1. The van der Waals surface area contributed by atoms with E-state index in [2.05, 4.69) is 32.4 Å². The van der Waals surface area contributed by atoms with Gasteiger partial charge < -0.3 is 10.6 Å². The molecule has 0 bridgehead atoms. The maximum Gasteiger partial charge on any atom is 0.340 e. The second kappa shape index (κ2) is 6.56. The van der Waals surface area contributed by atoms with Crippen LogP contribution in [0.3, 0.4) is 0 Å². The van der Waals surface area contributed by atoms with Crippen LogP contribution < -0.4 is 16.3 Å². The molecule has 0 radical (unpaired) electrons. The number of hydrogen-bond donors (Lipinski definition) is 4. The highest BCUT2D eigenvalue weighted by Gasteiger charge is 2.16. The SMILES string of the molecule is C=CCNc1ccccc1C(=O)N[C@@H](C)c1n[nH]c(=O)[nH]1. The van der Waals surface area contributed by atoms with E-state index >= 15 is 0 Å². The second-order valence-electron chi connectivity index (χ2n) is 4.47. The summed E-state index contributed by atoms with van der Waals surface area (Å²) in [6, 6.07) is 6.76. The van der Waals surface area contributed by atoms with Crippen LogP contribution in [0.5, 0.6) is 0 Å². The molecule has 7 heteroatoms. The van der Waals surface area contributed by atoms with Crippen molar-refractivity contribution in [2.24, 2.45) is 0 Å². The van der Waals surface area contributed by atoms with Crippen molar-refractivity contribution >= 4 is 11.6 Å². The van der Waals surface area contributed by atoms with Crippen molar-refractivity contribution in [2.75, 3.05) is 11.9 Å². The molecule has 2 aromatic rings. The molecule has 0 unspecified atom stereocenters. The average Bonchev–Trinajstić information content (AvgIpc) is 2.92. The Labute approximate surface area is 121 Å². The van der Waals surface area contributed by atoms with E-state index in [-0.39, 0.29) is 5.91 Å². The number of aromatic amines is 2. The summed E-state index contributed by atoms with van der Waals surface area (Å²) in [5.41, 5.74) is 0.834. The molecule has 0 aliphatic rings. The number of para-hydroxylation sites is 1. The van der Waals surface area contributed by atoms with Gasteiger partial charge in [0.15, 0.2) is 5.82 Å². The summed E-state index contributed by atoms with van der Waals surface area (Å²) in [5.74, 6) is 0.128. The predicted octanol–water partition coefficient (Wildman–Crippen LogP) is 1.19. The van der Waals surface area contributed by atoms with Crippen LogP contribution in [0.2, 0.25) is 0 Å². The van der Waals surface area contributed by atoms with Crippen LogP contribution in [-0.4, -0.2) is 27.6 Å². The van der Waals surface area contributed by atoms with Gasteiger partial charge in [0.25, 0.3) is 5.91 Å². The highest BCUT2D eigenvalue weighted by atomic mass is 16.2. The van der Waals surface area contributed by atoms with Crippen molar-refractivity contribution in [1.29, 1.82) is 0 Å². The molecule has 1 aromatic carbocycles. The van der Waals surface area contributed by atoms with Crippen LogP contribution in [0.1, 0.15) is 29.1 Å². The van der Waals surface area contributed by atoms with E-state index in [9.17, 15) is 9.59 Å². The van der Waals surface area contributed by atoms with Gasteiger partial charge in [-0.25, -0.2) is 9.89 Å². The lowest BCUT2D eigenvalue weighted by molar-refractivity contribution is 0.0939. The molecule has 0 saturated carbocycles. The van der Waals surface area contributed by atoms with E-state index in [1.807, 2.05) is 12.1 Å². The fraction of sp³-hybridized carbons (Fsp3) is 0.214. The molecular weight excluding hydrogens is 270 g/mol. The number of rotatable bonds is 6. The van der Waals surface area contributed by atoms with Gasteiger partial charge in [-0.05, 0) is 19.1 Å². The number of amides is 1. The van der Waals surface area contributed by atoms with Crippen LogP contribution >= 0.6 is 0 Å². The van der Waals surface area contributed by atoms with E-state index in [0.29, 0.717) is 17.9 Å². The van der Waals surface area contributed by atoms with Gasteiger partial charge in [0.1, 0.15) is 0 Å². The van der Waals surface area contributed by atoms with Gasteiger partial charge in [-0.1, -0.05) is 18.2 Å². The third-order valence-corrected chi connectivity index (χ3v) is 2.89. The van der Waals surface area contributed by atoms with Crippen molar-refractivity contribution in [3.8, 4) is 0 Å². The number of aromatic nitrogens is 3. The molecule has 2 rings (SSSR count). The molecule has 1 heterocycles. The average molecular weight is 287 g/mol. The van der Waals surface area contributed by atoms with Crippen LogP contribution in [-0.2, 0) is 0 Å². The molecule has 110 valence electrons. The molecule has 7 nitrogen and oxygen atoms in total. The second-order valence-corrected chi connectivity index (χ2v) is 4.47. The van der Waals surface area contributed by atoms with Crippen LogP contribution in [0.25, 0.3) is 0 Å². The van der Waals surface area contributed by atoms with Gasteiger partial charge in [-0.15, -0.1) is 6.58 Å².